The van der Waals surface area contributed by atoms with Gasteiger partial charge in [0.25, 0.3) is 0 Å². The molecule has 4 nitrogen and oxygen atoms in total. The zero-order valence-corrected chi connectivity index (χ0v) is 18.2. The second-order valence-electron chi connectivity index (χ2n) is 6.80. The van der Waals surface area contributed by atoms with Crippen LogP contribution in [-0.4, -0.2) is 52.5 Å². The van der Waals surface area contributed by atoms with Crippen molar-refractivity contribution in [3.63, 3.8) is 0 Å². The topological polar surface area (TPSA) is 35.7 Å². The number of allylic oxidation sites excluding steroid dienone is 1. The second kappa shape index (κ2) is 9.25. The van der Waals surface area contributed by atoms with Crippen molar-refractivity contribution in [2.75, 3.05) is 26.2 Å². The van der Waals surface area contributed by atoms with Crippen LogP contribution in [0, 0.1) is 0 Å². The molecule has 148 valence electrons. The van der Waals surface area contributed by atoms with Crippen molar-refractivity contribution in [3.05, 3.63) is 56.8 Å². The molecule has 0 aromatic heterocycles. The molecule has 0 saturated carbocycles. The minimum Gasteiger partial charge on any atom is -0.396 e. The van der Waals surface area contributed by atoms with E-state index < -0.39 is 5.50 Å². The summed E-state index contributed by atoms with van der Waals surface area (Å²) in [6.07, 6.45) is 0.848. The number of halogens is 4. The van der Waals surface area contributed by atoms with Gasteiger partial charge in [0.2, 0.25) is 0 Å². The largest absolute Gasteiger partial charge is 0.396 e. The highest BCUT2D eigenvalue weighted by molar-refractivity contribution is 6.44. The van der Waals surface area contributed by atoms with Gasteiger partial charge in [0.15, 0.2) is 0 Å². The Kier molecular flexibility index (Phi) is 7.23. The maximum absolute atomic E-state index is 6.56. The van der Waals surface area contributed by atoms with Gasteiger partial charge in [-0.2, -0.15) is 0 Å². The molecule has 0 bridgehead atoms. The van der Waals surface area contributed by atoms with Gasteiger partial charge in [-0.05, 0) is 12.0 Å². The summed E-state index contributed by atoms with van der Waals surface area (Å²) < 4.78 is 0. The van der Waals surface area contributed by atoms with Gasteiger partial charge in [-0.15, -0.1) is 0 Å². The van der Waals surface area contributed by atoms with Gasteiger partial charge in [0, 0.05) is 32.7 Å². The fourth-order valence-corrected chi connectivity index (χ4v) is 4.81. The normalized spacial score (nSPS) is 23.9. The number of hydrogen-bond acceptors (Lipinski definition) is 4. The lowest BCUT2D eigenvalue weighted by atomic mass is 10.1. The van der Waals surface area contributed by atoms with E-state index in [2.05, 4.69) is 41.0 Å². The van der Waals surface area contributed by atoms with Crippen LogP contribution < -0.4 is 5.73 Å². The van der Waals surface area contributed by atoms with E-state index in [4.69, 9.17) is 52.1 Å². The number of nitrogens with two attached hydrogens (primary N) is 1. The van der Waals surface area contributed by atoms with Crippen LogP contribution in [0.3, 0.4) is 0 Å². The molecule has 0 radical (unpaired) electrons. The SMILES string of the molecule is CCC(N1CCN(Cc2ccccc2)CC1)N1C(Cl)=C(Cl)C(N)=C(Cl)C1Cl. The average Bonchev–Trinajstić information content (AvgIpc) is 2.70. The van der Waals surface area contributed by atoms with Gasteiger partial charge >= 0.3 is 0 Å². The second-order valence-corrected chi connectivity index (χ2v) is 8.35. The fraction of sp³-hybridized carbons (Fsp3) is 0.474. The number of rotatable bonds is 5. The van der Waals surface area contributed by atoms with Crippen molar-refractivity contribution in [1.82, 2.24) is 14.7 Å². The Balaban J connectivity index is 1.67. The number of alkyl halides is 1. The number of nitrogens with zero attached hydrogens (tertiary/aromatic N) is 3. The summed E-state index contributed by atoms with van der Waals surface area (Å²) in [5.74, 6) is 0. The lowest BCUT2D eigenvalue weighted by molar-refractivity contribution is 0.0216. The molecule has 2 atom stereocenters. The molecule has 2 unspecified atom stereocenters. The summed E-state index contributed by atoms with van der Waals surface area (Å²) in [6, 6.07) is 10.5. The molecule has 27 heavy (non-hydrogen) atoms. The van der Waals surface area contributed by atoms with Crippen LogP contribution in [0.1, 0.15) is 18.9 Å². The highest BCUT2D eigenvalue weighted by Gasteiger charge is 2.38. The summed E-state index contributed by atoms with van der Waals surface area (Å²) in [4.78, 5) is 6.72. The quantitative estimate of drug-likeness (QED) is 0.531. The highest BCUT2D eigenvalue weighted by Crippen LogP contribution is 2.40. The van der Waals surface area contributed by atoms with Crippen molar-refractivity contribution >= 4 is 46.4 Å². The van der Waals surface area contributed by atoms with Gasteiger partial charge in [0.05, 0.1) is 16.9 Å². The molecule has 8 heteroatoms. The predicted octanol–water partition coefficient (Wildman–Crippen LogP) is 4.48. The molecule has 0 spiro atoms. The van der Waals surface area contributed by atoms with E-state index >= 15 is 0 Å². The molecule has 2 N–H and O–H groups in total. The zero-order chi connectivity index (χ0) is 19.6. The number of benzene rings is 1. The maximum atomic E-state index is 6.56. The van der Waals surface area contributed by atoms with E-state index in [1.807, 2.05) is 11.0 Å². The molecular weight excluding hydrogens is 426 g/mol. The Morgan fingerprint density at radius 2 is 1.70 bits per heavy atom. The first-order valence-corrected chi connectivity index (χ1v) is 10.6. The average molecular weight is 450 g/mol. The van der Waals surface area contributed by atoms with Crippen molar-refractivity contribution in [3.8, 4) is 0 Å². The van der Waals surface area contributed by atoms with E-state index in [1.54, 1.807) is 0 Å². The highest BCUT2D eigenvalue weighted by atomic mass is 35.5. The van der Waals surface area contributed by atoms with Crippen molar-refractivity contribution in [2.24, 2.45) is 5.73 Å². The Morgan fingerprint density at radius 1 is 1.07 bits per heavy atom. The minimum absolute atomic E-state index is 0.00877. The number of hydrogen-bond donors (Lipinski definition) is 1. The van der Waals surface area contributed by atoms with E-state index in [0.29, 0.717) is 10.2 Å². The van der Waals surface area contributed by atoms with Crippen LogP contribution in [0.5, 0.6) is 0 Å². The minimum atomic E-state index is -0.617. The summed E-state index contributed by atoms with van der Waals surface area (Å²) in [7, 11) is 0. The molecule has 0 amide bonds. The molecule has 1 aromatic rings. The molecule has 0 aliphatic carbocycles. The molecule has 2 aliphatic heterocycles. The van der Waals surface area contributed by atoms with Crippen LogP contribution in [0.25, 0.3) is 0 Å². The van der Waals surface area contributed by atoms with E-state index in [0.717, 1.165) is 39.1 Å². The Hall–Kier alpha value is -0.620. The molecule has 3 rings (SSSR count). The van der Waals surface area contributed by atoms with Crippen molar-refractivity contribution < 1.29 is 0 Å². The van der Waals surface area contributed by atoms with Crippen molar-refractivity contribution in [1.29, 1.82) is 0 Å². The molecule has 2 heterocycles. The fourth-order valence-electron chi connectivity index (χ4n) is 3.65. The standard InChI is InChI=1S/C19H24Cl4N4/c1-2-14(27-18(22)15(20)17(24)16(21)19(27)23)26-10-8-25(9-11-26)12-13-6-4-3-5-7-13/h3-7,14,18H,2,8-12,24H2,1H3. The Labute approximate surface area is 181 Å². The van der Waals surface area contributed by atoms with Crippen LogP contribution >= 0.6 is 46.4 Å². The van der Waals surface area contributed by atoms with Gasteiger partial charge in [-0.3, -0.25) is 9.80 Å². The van der Waals surface area contributed by atoms with Gasteiger partial charge in [0.1, 0.15) is 15.7 Å². The molecular formula is C19H24Cl4N4. The first-order chi connectivity index (χ1) is 12.9. The third-order valence-electron chi connectivity index (χ3n) is 5.12. The molecule has 1 aromatic carbocycles. The zero-order valence-electron chi connectivity index (χ0n) is 15.2. The van der Waals surface area contributed by atoms with Crippen LogP contribution in [0.2, 0.25) is 0 Å². The van der Waals surface area contributed by atoms with Crippen LogP contribution in [-0.2, 0) is 6.54 Å². The Bertz CT molecular complexity index is 714. The lowest BCUT2D eigenvalue weighted by Crippen LogP contribution is -2.57. The monoisotopic (exact) mass is 448 g/mol. The van der Waals surface area contributed by atoms with Crippen LogP contribution in [0.4, 0.5) is 0 Å². The summed E-state index contributed by atoms with van der Waals surface area (Å²) in [6.45, 7) is 6.87. The summed E-state index contributed by atoms with van der Waals surface area (Å²) >= 11 is 25.6. The first kappa shape index (κ1) is 21.1. The Morgan fingerprint density at radius 3 is 2.30 bits per heavy atom. The third-order valence-corrected chi connectivity index (χ3v) is 6.93. The third kappa shape index (κ3) is 4.52. The van der Waals surface area contributed by atoms with Crippen LogP contribution in [0.15, 0.2) is 51.2 Å². The predicted molar refractivity (Wildman–Crippen MR) is 115 cm³/mol. The maximum Gasteiger partial charge on any atom is 0.144 e. The first-order valence-electron chi connectivity index (χ1n) is 9.07. The number of piperazine rings is 1. The summed E-state index contributed by atoms with van der Waals surface area (Å²) in [5.41, 5.74) is 6.89. The molecule has 2 aliphatic rings. The van der Waals surface area contributed by atoms with Gasteiger partial charge in [-0.1, -0.05) is 83.7 Å². The molecule has 1 fully saturated rings. The lowest BCUT2D eigenvalue weighted by Gasteiger charge is -2.47. The smallest absolute Gasteiger partial charge is 0.144 e. The van der Waals surface area contributed by atoms with E-state index in [9.17, 15) is 0 Å². The van der Waals surface area contributed by atoms with E-state index in [1.165, 1.54) is 5.56 Å². The summed E-state index contributed by atoms with van der Waals surface area (Å²) in [5, 5.41) is 0.948. The molecule has 1 saturated heterocycles. The van der Waals surface area contributed by atoms with E-state index in [-0.39, 0.29) is 16.9 Å². The van der Waals surface area contributed by atoms with Gasteiger partial charge < -0.3 is 10.6 Å². The van der Waals surface area contributed by atoms with Crippen molar-refractivity contribution in [2.45, 2.75) is 31.6 Å². The van der Waals surface area contributed by atoms with Gasteiger partial charge in [-0.25, -0.2) is 0 Å².